The number of alkyl halides is 3. The Morgan fingerprint density at radius 2 is 2.00 bits per heavy atom. The van der Waals surface area contributed by atoms with Crippen LogP contribution in [0.2, 0.25) is 0 Å². The van der Waals surface area contributed by atoms with Crippen LogP contribution >= 0.6 is 11.3 Å². The van der Waals surface area contributed by atoms with Gasteiger partial charge in [-0.25, -0.2) is 5.48 Å². The second-order valence-corrected chi connectivity index (χ2v) is 8.91. The molecule has 0 bridgehead atoms. The topological polar surface area (TPSA) is 97.3 Å². The van der Waals surface area contributed by atoms with E-state index >= 15 is 0 Å². The molecular formula is C13H18F3N3O3S2. The second-order valence-electron chi connectivity index (χ2n) is 5.73. The average molecular weight is 385 g/mol. The average Bonchev–Trinajstić information content (AvgIpc) is 2.85. The maximum Gasteiger partial charge on any atom is 0.426 e. The SMILES string of the molecule is CC(=O)ONC(=N)c1cc(CN[S+]([O-])C(C)(C)C)sc1C(F)(F)F. The first-order chi connectivity index (χ1) is 10.8. The lowest BCUT2D eigenvalue weighted by molar-refractivity contribution is -0.145. The lowest BCUT2D eigenvalue weighted by Crippen LogP contribution is -2.38. The highest BCUT2D eigenvalue weighted by molar-refractivity contribution is 7.90. The van der Waals surface area contributed by atoms with Crippen molar-refractivity contribution in [3.63, 3.8) is 0 Å². The number of amidine groups is 1. The van der Waals surface area contributed by atoms with Crippen LogP contribution in [0.25, 0.3) is 0 Å². The van der Waals surface area contributed by atoms with E-state index in [9.17, 15) is 22.5 Å². The number of hydrogen-bond acceptors (Lipinski definition) is 6. The zero-order chi connectivity index (χ0) is 18.7. The molecular weight excluding hydrogens is 367 g/mol. The van der Waals surface area contributed by atoms with Crippen molar-refractivity contribution >= 4 is 34.5 Å². The summed E-state index contributed by atoms with van der Waals surface area (Å²) in [6.45, 7) is 6.20. The van der Waals surface area contributed by atoms with E-state index in [1.807, 2.05) is 5.48 Å². The molecule has 24 heavy (non-hydrogen) atoms. The third-order valence-electron chi connectivity index (χ3n) is 2.54. The lowest BCUT2D eigenvalue weighted by Gasteiger charge is -2.23. The number of carbonyl (C=O) groups excluding carboxylic acids is 1. The maximum atomic E-state index is 13.1. The Kier molecular flexibility index (Phi) is 6.67. The minimum Gasteiger partial charge on any atom is -0.598 e. The molecule has 0 radical (unpaired) electrons. The van der Waals surface area contributed by atoms with Gasteiger partial charge in [-0.1, -0.05) is 0 Å². The zero-order valence-electron chi connectivity index (χ0n) is 13.5. The van der Waals surface area contributed by atoms with Crippen molar-refractivity contribution in [2.45, 2.75) is 45.2 Å². The van der Waals surface area contributed by atoms with E-state index in [1.165, 1.54) is 0 Å². The van der Waals surface area contributed by atoms with Crippen LogP contribution < -0.4 is 10.2 Å². The minimum atomic E-state index is -4.66. The van der Waals surface area contributed by atoms with Crippen LogP contribution in [-0.4, -0.2) is 21.1 Å². The molecule has 1 heterocycles. The molecule has 0 aliphatic rings. The quantitative estimate of drug-likeness (QED) is 0.320. The molecule has 0 saturated heterocycles. The van der Waals surface area contributed by atoms with E-state index in [0.29, 0.717) is 11.3 Å². The molecule has 0 fully saturated rings. The monoisotopic (exact) mass is 385 g/mol. The van der Waals surface area contributed by atoms with E-state index in [1.54, 1.807) is 20.8 Å². The summed E-state index contributed by atoms with van der Waals surface area (Å²) in [6, 6.07) is 1.15. The minimum absolute atomic E-state index is 0.0432. The summed E-state index contributed by atoms with van der Waals surface area (Å²) < 4.78 is 53.3. The fraction of sp³-hybridized carbons (Fsp3) is 0.538. The van der Waals surface area contributed by atoms with Gasteiger partial charge >= 0.3 is 12.1 Å². The largest absolute Gasteiger partial charge is 0.598 e. The predicted octanol–water partition coefficient (Wildman–Crippen LogP) is 2.71. The van der Waals surface area contributed by atoms with E-state index in [0.717, 1.165) is 13.0 Å². The Labute approximate surface area is 144 Å². The van der Waals surface area contributed by atoms with Gasteiger partial charge in [-0.15, -0.1) is 16.1 Å². The molecule has 11 heteroatoms. The molecule has 0 spiro atoms. The fourth-order valence-electron chi connectivity index (χ4n) is 1.46. The Balaban J connectivity index is 2.97. The molecule has 1 aromatic heterocycles. The second kappa shape index (κ2) is 7.72. The highest BCUT2D eigenvalue weighted by Crippen LogP contribution is 2.38. The van der Waals surface area contributed by atoms with E-state index in [2.05, 4.69) is 9.56 Å². The van der Waals surface area contributed by atoms with Crippen LogP contribution in [0.1, 0.15) is 43.0 Å². The third kappa shape index (κ3) is 5.96. The summed E-state index contributed by atoms with van der Waals surface area (Å²) in [6.07, 6.45) is -4.66. The molecule has 6 nitrogen and oxygen atoms in total. The summed E-state index contributed by atoms with van der Waals surface area (Å²) in [5, 5.41) is 7.61. The van der Waals surface area contributed by atoms with Gasteiger partial charge in [0, 0.05) is 28.7 Å². The Hall–Kier alpha value is -1.30. The number of carbonyl (C=O) groups is 1. The number of hydroxylamine groups is 1. The zero-order valence-corrected chi connectivity index (χ0v) is 15.1. The Bertz CT molecular complexity index is 612. The van der Waals surface area contributed by atoms with Crippen molar-refractivity contribution in [1.29, 1.82) is 5.41 Å². The van der Waals surface area contributed by atoms with Crippen LogP contribution in [0.5, 0.6) is 0 Å². The first-order valence-electron chi connectivity index (χ1n) is 6.70. The number of nitrogens with one attached hydrogen (secondary N) is 3. The normalized spacial score (nSPS) is 13.5. The van der Waals surface area contributed by atoms with Gasteiger partial charge in [0.25, 0.3) is 0 Å². The van der Waals surface area contributed by atoms with Crippen LogP contribution in [-0.2, 0) is 33.7 Å². The highest BCUT2D eigenvalue weighted by atomic mass is 32.2. The summed E-state index contributed by atoms with van der Waals surface area (Å²) in [7, 11) is 0. The summed E-state index contributed by atoms with van der Waals surface area (Å²) in [5.41, 5.74) is 1.44. The van der Waals surface area contributed by atoms with Gasteiger partial charge in [0.2, 0.25) is 0 Å². The van der Waals surface area contributed by atoms with Gasteiger partial charge in [-0.3, -0.25) is 10.2 Å². The van der Waals surface area contributed by atoms with Crippen molar-refractivity contribution in [2.24, 2.45) is 0 Å². The van der Waals surface area contributed by atoms with Gasteiger partial charge in [0.1, 0.15) is 9.62 Å². The van der Waals surface area contributed by atoms with E-state index in [4.69, 9.17) is 5.41 Å². The molecule has 0 saturated carbocycles. The van der Waals surface area contributed by atoms with Crippen LogP contribution in [0.3, 0.4) is 0 Å². The molecule has 0 amide bonds. The van der Waals surface area contributed by atoms with E-state index in [-0.39, 0.29) is 11.4 Å². The van der Waals surface area contributed by atoms with Crippen molar-refractivity contribution in [3.05, 3.63) is 21.4 Å². The molecule has 136 valence electrons. The maximum absolute atomic E-state index is 13.1. The Morgan fingerprint density at radius 1 is 1.42 bits per heavy atom. The number of rotatable bonds is 4. The first-order valence-corrected chi connectivity index (χ1v) is 8.66. The highest BCUT2D eigenvalue weighted by Gasteiger charge is 2.37. The summed E-state index contributed by atoms with van der Waals surface area (Å²) >= 11 is -1.00. The molecule has 3 N–H and O–H groups in total. The summed E-state index contributed by atoms with van der Waals surface area (Å²) in [5.74, 6) is -1.47. The third-order valence-corrected chi connectivity index (χ3v) is 5.24. The molecule has 1 unspecified atom stereocenters. The van der Waals surface area contributed by atoms with Gasteiger partial charge in [0.05, 0.1) is 6.54 Å². The molecule has 0 aliphatic carbocycles. The van der Waals surface area contributed by atoms with E-state index < -0.39 is 44.5 Å². The Morgan fingerprint density at radius 3 is 2.46 bits per heavy atom. The van der Waals surface area contributed by atoms with Crippen molar-refractivity contribution < 1.29 is 27.4 Å². The van der Waals surface area contributed by atoms with Crippen molar-refractivity contribution in [1.82, 2.24) is 10.2 Å². The van der Waals surface area contributed by atoms with Gasteiger partial charge < -0.3 is 9.39 Å². The molecule has 0 aromatic carbocycles. The number of halogens is 3. The number of thiophene rings is 1. The van der Waals surface area contributed by atoms with Gasteiger partial charge in [-0.2, -0.15) is 13.2 Å². The first kappa shape index (κ1) is 20.7. The fourth-order valence-corrected chi connectivity index (χ4v) is 3.24. The van der Waals surface area contributed by atoms with Crippen molar-refractivity contribution in [3.8, 4) is 0 Å². The smallest absolute Gasteiger partial charge is 0.426 e. The van der Waals surface area contributed by atoms with Crippen LogP contribution in [0, 0.1) is 5.41 Å². The molecule has 1 aromatic rings. The van der Waals surface area contributed by atoms with Crippen molar-refractivity contribution in [2.75, 3.05) is 0 Å². The predicted molar refractivity (Wildman–Crippen MR) is 85.8 cm³/mol. The number of hydrogen-bond donors (Lipinski definition) is 3. The molecule has 1 atom stereocenters. The molecule has 1 rings (SSSR count). The lowest BCUT2D eigenvalue weighted by atomic mass is 10.2. The van der Waals surface area contributed by atoms with Crippen LogP contribution in [0.4, 0.5) is 13.2 Å². The molecule has 0 aliphatic heterocycles. The van der Waals surface area contributed by atoms with Crippen LogP contribution in [0.15, 0.2) is 6.07 Å². The van der Waals surface area contributed by atoms with Gasteiger partial charge in [0.15, 0.2) is 5.84 Å². The van der Waals surface area contributed by atoms with Gasteiger partial charge in [-0.05, 0) is 26.8 Å². The standard InChI is InChI=1S/C13H18F3N3O3S2/c1-7(20)22-19-11(17)9-5-8(23-10(9)13(14,15)16)6-18-24(21)12(2,3)4/h5,18H,6H2,1-4H3,(H2,17,19). The summed E-state index contributed by atoms with van der Waals surface area (Å²) in [4.78, 5) is 14.3.